The number of carbonyl (C=O) groups excluding carboxylic acids is 1. The third-order valence-electron chi connectivity index (χ3n) is 2.05. The molecule has 0 saturated carbocycles. The maximum atomic E-state index is 11.3. The van der Waals surface area contributed by atoms with Gasteiger partial charge in [0.05, 0.1) is 18.3 Å². The second-order valence-corrected chi connectivity index (χ2v) is 4.40. The summed E-state index contributed by atoms with van der Waals surface area (Å²) in [5, 5.41) is 11.4. The minimum atomic E-state index is -0.866. The lowest BCUT2D eigenvalue weighted by Crippen LogP contribution is -2.33. The van der Waals surface area contributed by atoms with Gasteiger partial charge in [-0.05, 0) is 6.42 Å². The molecule has 5 nitrogen and oxygen atoms in total. The molecular weight excluding hydrogens is 230 g/mol. The Bertz CT molecular complexity index is 223. The number of ether oxygens (including phenoxy) is 1. The second kappa shape index (κ2) is 9.47. The fourth-order valence-electron chi connectivity index (χ4n) is 1.00. The van der Waals surface area contributed by atoms with Crippen LogP contribution >= 0.6 is 11.8 Å². The number of carbonyl (C=O) groups is 2. The Labute approximate surface area is 99.9 Å². The molecule has 0 aromatic rings. The standard InChI is InChI=1S/C10H19NO4S/c1-3-8(10(13)14)6-11-9(12)7-16-5-4-15-2/h8H,3-7H2,1-2H3,(H,11,12)(H,13,14). The first-order valence-corrected chi connectivity index (χ1v) is 6.33. The molecule has 1 unspecified atom stereocenters. The molecule has 94 valence electrons. The molecule has 0 saturated heterocycles. The summed E-state index contributed by atoms with van der Waals surface area (Å²) in [6, 6.07) is 0. The van der Waals surface area contributed by atoms with Crippen LogP contribution < -0.4 is 5.32 Å². The van der Waals surface area contributed by atoms with E-state index in [0.29, 0.717) is 18.8 Å². The first kappa shape index (κ1) is 15.2. The lowest BCUT2D eigenvalue weighted by molar-refractivity contribution is -0.141. The molecule has 0 heterocycles. The summed E-state index contributed by atoms with van der Waals surface area (Å²) >= 11 is 1.47. The Kier molecular flexibility index (Phi) is 9.03. The molecular formula is C10H19NO4S. The van der Waals surface area contributed by atoms with E-state index in [4.69, 9.17) is 9.84 Å². The summed E-state index contributed by atoms with van der Waals surface area (Å²) in [5.41, 5.74) is 0. The number of methoxy groups -OCH3 is 1. The lowest BCUT2D eigenvalue weighted by atomic mass is 10.1. The third-order valence-corrected chi connectivity index (χ3v) is 2.97. The SMILES string of the molecule is CCC(CNC(=O)CSCCOC)C(=O)O. The van der Waals surface area contributed by atoms with E-state index in [1.54, 1.807) is 14.0 Å². The number of amides is 1. The third kappa shape index (κ3) is 7.53. The normalized spacial score (nSPS) is 12.1. The van der Waals surface area contributed by atoms with Crippen molar-refractivity contribution >= 4 is 23.6 Å². The Hall–Kier alpha value is -0.750. The predicted octanol–water partition coefficient (Wildman–Crippen LogP) is 0.593. The van der Waals surface area contributed by atoms with Crippen molar-refractivity contribution < 1.29 is 19.4 Å². The molecule has 0 aliphatic heterocycles. The van der Waals surface area contributed by atoms with E-state index in [1.807, 2.05) is 0 Å². The number of hydrogen-bond acceptors (Lipinski definition) is 4. The van der Waals surface area contributed by atoms with E-state index in [1.165, 1.54) is 11.8 Å². The summed E-state index contributed by atoms with van der Waals surface area (Å²) in [7, 11) is 1.61. The van der Waals surface area contributed by atoms with Crippen molar-refractivity contribution in [1.82, 2.24) is 5.32 Å². The summed E-state index contributed by atoms with van der Waals surface area (Å²) in [5.74, 6) is -0.372. The highest BCUT2D eigenvalue weighted by Crippen LogP contribution is 2.02. The van der Waals surface area contributed by atoms with Crippen molar-refractivity contribution in [2.45, 2.75) is 13.3 Å². The molecule has 0 spiro atoms. The highest BCUT2D eigenvalue weighted by atomic mass is 32.2. The van der Waals surface area contributed by atoms with E-state index < -0.39 is 11.9 Å². The first-order chi connectivity index (χ1) is 7.61. The maximum Gasteiger partial charge on any atom is 0.308 e. The number of carboxylic acid groups (broad SMARTS) is 1. The van der Waals surface area contributed by atoms with Gasteiger partial charge >= 0.3 is 5.97 Å². The summed E-state index contributed by atoms with van der Waals surface area (Å²) in [4.78, 5) is 22.0. The van der Waals surface area contributed by atoms with Crippen LogP contribution in [-0.4, -0.2) is 48.8 Å². The Morgan fingerprint density at radius 3 is 2.69 bits per heavy atom. The summed E-state index contributed by atoms with van der Waals surface area (Å²) in [6.07, 6.45) is 0.520. The van der Waals surface area contributed by atoms with Gasteiger partial charge in [-0.25, -0.2) is 0 Å². The van der Waals surface area contributed by atoms with Crippen LogP contribution in [0.5, 0.6) is 0 Å². The smallest absolute Gasteiger partial charge is 0.308 e. The van der Waals surface area contributed by atoms with Crippen LogP contribution in [0.1, 0.15) is 13.3 Å². The van der Waals surface area contributed by atoms with Gasteiger partial charge < -0.3 is 15.2 Å². The molecule has 0 aliphatic carbocycles. The minimum absolute atomic E-state index is 0.124. The van der Waals surface area contributed by atoms with Gasteiger partial charge in [0.1, 0.15) is 0 Å². The average molecular weight is 249 g/mol. The van der Waals surface area contributed by atoms with Gasteiger partial charge in [0.25, 0.3) is 0 Å². The van der Waals surface area contributed by atoms with E-state index >= 15 is 0 Å². The summed E-state index contributed by atoms with van der Waals surface area (Å²) < 4.78 is 4.84. The van der Waals surface area contributed by atoms with Crippen molar-refractivity contribution in [2.24, 2.45) is 5.92 Å². The van der Waals surface area contributed by atoms with Crippen LogP contribution in [0.25, 0.3) is 0 Å². The number of rotatable bonds is 9. The molecule has 1 amide bonds. The molecule has 0 aliphatic rings. The van der Waals surface area contributed by atoms with Gasteiger partial charge in [-0.15, -0.1) is 11.8 Å². The lowest BCUT2D eigenvalue weighted by Gasteiger charge is -2.10. The molecule has 16 heavy (non-hydrogen) atoms. The van der Waals surface area contributed by atoms with E-state index in [0.717, 1.165) is 5.75 Å². The highest BCUT2D eigenvalue weighted by Gasteiger charge is 2.15. The fourth-order valence-corrected chi connectivity index (χ4v) is 1.72. The number of carboxylic acids is 1. The molecule has 6 heteroatoms. The zero-order valence-electron chi connectivity index (χ0n) is 9.69. The van der Waals surface area contributed by atoms with Gasteiger partial charge in [0, 0.05) is 19.4 Å². The molecule has 1 atom stereocenters. The van der Waals surface area contributed by atoms with Crippen molar-refractivity contribution in [2.75, 3.05) is 31.8 Å². The van der Waals surface area contributed by atoms with Crippen LogP contribution in [0.15, 0.2) is 0 Å². The predicted molar refractivity (Wildman–Crippen MR) is 63.6 cm³/mol. The van der Waals surface area contributed by atoms with E-state index in [2.05, 4.69) is 5.32 Å². The van der Waals surface area contributed by atoms with Gasteiger partial charge in [0.15, 0.2) is 0 Å². The number of thioether (sulfide) groups is 1. The largest absolute Gasteiger partial charge is 0.481 e. The van der Waals surface area contributed by atoms with Crippen molar-refractivity contribution in [3.63, 3.8) is 0 Å². The van der Waals surface area contributed by atoms with Crippen LogP contribution in [-0.2, 0) is 14.3 Å². The van der Waals surface area contributed by atoms with Crippen LogP contribution in [0.2, 0.25) is 0 Å². The van der Waals surface area contributed by atoms with Crippen LogP contribution in [0.3, 0.4) is 0 Å². The zero-order valence-corrected chi connectivity index (χ0v) is 10.5. The van der Waals surface area contributed by atoms with Crippen LogP contribution in [0, 0.1) is 5.92 Å². The minimum Gasteiger partial charge on any atom is -0.481 e. The van der Waals surface area contributed by atoms with Gasteiger partial charge in [-0.1, -0.05) is 6.92 Å². The summed E-state index contributed by atoms with van der Waals surface area (Å²) in [6.45, 7) is 2.61. The molecule has 0 aromatic carbocycles. The molecule has 0 aromatic heterocycles. The van der Waals surface area contributed by atoms with Crippen LogP contribution in [0.4, 0.5) is 0 Å². The Morgan fingerprint density at radius 2 is 2.19 bits per heavy atom. The van der Waals surface area contributed by atoms with Gasteiger partial charge in [-0.2, -0.15) is 0 Å². The number of hydrogen-bond donors (Lipinski definition) is 2. The zero-order chi connectivity index (χ0) is 12.4. The fraction of sp³-hybridized carbons (Fsp3) is 0.800. The van der Waals surface area contributed by atoms with Crippen molar-refractivity contribution in [1.29, 1.82) is 0 Å². The van der Waals surface area contributed by atoms with E-state index in [-0.39, 0.29) is 12.5 Å². The quantitative estimate of drug-likeness (QED) is 0.585. The van der Waals surface area contributed by atoms with Gasteiger partial charge in [0.2, 0.25) is 5.91 Å². The number of aliphatic carboxylic acids is 1. The molecule has 0 fully saturated rings. The second-order valence-electron chi connectivity index (χ2n) is 3.29. The van der Waals surface area contributed by atoms with Crippen molar-refractivity contribution in [3.05, 3.63) is 0 Å². The average Bonchev–Trinajstić information content (AvgIpc) is 2.25. The molecule has 0 radical (unpaired) electrons. The topological polar surface area (TPSA) is 75.6 Å². The Morgan fingerprint density at radius 1 is 1.50 bits per heavy atom. The maximum absolute atomic E-state index is 11.3. The number of nitrogens with one attached hydrogen (secondary N) is 1. The van der Waals surface area contributed by atoms with Crippen molar-refractivity contribution in [3.8, 4) is 0 Å². The van der Waals surface area contributed by atoms with Gasteiger partial charge in [-0.3, -0.25) is 9.59 Å². The van der Waals surface area contributed by atoms with E-state index in [9.17, 15) is 9.59 Å². The monoisotopic (exact) mass is 249 g/mol. The molecule has 0 bridgehead atoms. The highest BCUT2D eigenvalue weighted by molar-refractivity contribution is 7.99. The molecule has 0 rings (SSSR count). The molecule has 2 N–H and O–H groups in total. The first-order valence-electron chi connectivity index (χ1n) is 5.18. The Balaban J connectivity index is 3.59.